The summed E-state index contributed by atoms with van der Waals surface area (Å²) in [5, 5.41) is 7.26. The maximum Gasteiger partial charge on any atom is 0.0568 e. The molecule has 0 saturated heterocycles. The minimum absolute atomic E-state index is 0.0601. The van der Waals surface area contributed by atoms with Crippen LogP contribution in [-0.2, 0) is 12.0 Å². The van der Waals surface area contributed by atoms with Crippen molar-refractivity contribution in [1.29, 1.82) is 0 Å². The highest BCUT2D eigenvalue weighted by Gasteiger charge is 2.20. The molecule has 0 saturated carbocycles. The lowest BCUT2D eigenvalue weighted by molar-refractivity contribution is 0.568. The first-order valence-corrected chi connectivity index (χ1v) is 5.85. The van der Waals surface area contributed by atoms with E-state index in [0.29, 0.717) is 6.54 Å². The Labute approximate surface area is 102 Å². The fourth-order valence-electron chi connectivity index (χ4n) is 1.94. The third-order valence-electron chi connectivity index (χ3n) is 2.86. The molecule has 3 nitrogen and oxygen atoms in total. The lowest BCUT2D eigenvalue weighted by Crippen LogP contribution is -2.13. The number of hydrogen-bond acceptors (Lipinski definition) is 2. The molecular formula is C14H19N3. The third-order valence-corrected chi connectivity index (χ3v) is 2.86. The van der Waals surface area contributed by atoms with E-state index in [4.69, 9.17) is 5.73 Å². The molecule has 90 valence electrons. The van der Waals surface area contributed by atoms with Crippen molar-refractivity contribution in [2.24, 2.45) is 5.73 Å². The van der Waals surface area contributed by atoms with Crippen molar-refractivity contribution in [1.82, 2.24) is 10.2 Å². The first-order valence-electron chi connectivity index (χ1n) is 5.85. The van der Waals surface area contributed by atoms with Crippen molar-refractivity contribution in [3.8, 4) is 11.1 Å². The van der Waals surface area contributed by atoms with Gasteiger partial charge in [0.25, 0.3) is 0 Å². The molecule has 0 aliphatic carbocycles. The van der Waals surface area contributed by atoms with Gasteiger partial charge in [0.2, 0.25) is 0 Å². The van der Waals surface area contributed by atoms with E-state index in [0.717, 1.165) is 16.8 Å². The van der Waals surface area contributed by atoms with Crippen LogP contribution in [0, 0.1) is 0 Å². The van der Waals surface area contributed by atoms with Gasteiger partial charge >= 0.3 is 0 Å². The highest BCUT2D eigenvalue weighted by atomic mass is 15.1. The smallest absolute Gasteiger partial charge is 0.0568 e. The summed E-state index contributed by atoms with van der Waals surface area (Å²) in [5.74, 6) is 0. The SMILES string of the molecule is CC(C)(C)c1[nH]ncc1-c1cccc(CN)c1. The summed E-state index contributed by atoms with van der Waals surface area (Å²) in [5.41, 5.74) is 10.4. The maximum absolute atomic E-state index is 5.67. The van der Waals surface area contributed by atoms with Gasteiger partial charge in [-0.3, -0.25) is 5.10 Å². The van der Waals surface area contributed by atoms with Crippen LogP contribution < -0.4 is 5.73 Å². The van der Waals surface area contributed by atoms with Crippen molar-refractivity contribution in [3.05, 3.63) is 41.7 Å². The summed E-state index contributed by atoms with van der Waals surface area (Å²) in [6.07, 6.45) is 1.89. The fourth-order valence-corrected chi connectivity index (χ4v) is 1.94. The lowest BCUT2D eigenvalue weighted by Gasteiger charge is -2.18. The molecule has 0 fully saturated rings. The van der Waals surface area contributed by atoms with Gasteiger partial charge in [-0.05, 0) is 17.2 Å². The quantitative estimate of drug-likeness (QED) is 0.832. The van der Waals surface area contributed by atoms with Crippen LogP contribution in [0.4, 0.5) is 0 Å². The molecule has 2 aromatic rings. The molecule has 0 amide bonds. The summed E-state index contributed by atoms with van der Waals surface area (Å²) >= 11 is 0. The average Bonchev–Trinajstić information content (AvgIpc) is 2.77. The van der Waals surface area contributed by atoms with Crippen LogP contribution >= 0.6 is 0 Å². The van der Waals surface area contributed by atoms with Crippen LogP contribution in [0.5, 0.6) is 0 Å². The first kappa shape index (κ1) is 11.9. The van der Waals surface area contributed by atoms with E-state index in [9.17, 15) is 0 Å². The number of nitrogens with two attached hydrogens (primary N) is 1. The summed E-state index contributed by atoms with van der Waals surface area (Å²) in [6.45, 7) is 7.10. The Morgan fingerprint density at radius 2 is 2.06 bits per heavy atom. The van der Waals surface area contributed by atoms with Gasteiger partial charge in [-0.25, -0.2) is 0 Å². The highest BCUT2D eigenvalue weighted by molar-refractivity contribution is 5.67. The van der Waals surface area contributed by atoms with Gasteiger partial charge in [-0.1, -0.05) is 39.0 Å². The second-order valence-corrected chi connectivity index (χ2v) is 5.31. The van der Waals surface area contributed by atoms with E-state index in [2.05, 4.69) is 43.1 Å². The number of aromatic nitrogens is 2. The molecule has 3 heteroatoms. The molecule has 1 heterocycles. The van der Waals surface area contributed by atoms with Crippen LogP contribution in [0.25, 0.3) is 11.1 Å². The predicted molar refractivity (Wildman–Crippen MR) is 70.6 cm³/mol. The molecule has 1 aromatic carbocycles. The van der Waals surface area contributed by atoms with Crippen molar-refractivity contribution >= 4 is 0 Å². The van der Waals surface area contributed by atoms with Gasteiger partial charge in [0.05, 0.1) is 6.20 Å². The van der Waals surface area contributed by atoms with Crippen molar-refractivity contribution in [2.45, 2.75) is 32.7 Å². The number of aromatic amines is 1. The average molecular weight is 229 g/mol. The zero-order valence-electron chi connectivity index (χ0n) is 10.6. The Bertz CT molecular complexity index is 506. The van der Waals surface area contributed by atoms with E-state index in [1.54, 1.807) is 0 Å². The summed E-state index contributed by atoms with van der Waals surface area (Å²) < 4.78 is 0. The van der Waals surface area contributed by atoms with Gasteiger partial charge in [0.1, 0.15) is 0 Å². The Balaban J connectivity index is 2.50. The lowest BCUT2D eigenvalue weighted by atomic mass is 9.87. The van der Waals surface area contributed by atoms with Gasteiger partial charge in [-0.15, -0.1) is 0 Å². The first-order chi connectivity index (χ1) is 8.02. The summed E-state index contributed by atoms with van der Waals surface area (Å²) in [4.78, 5) is 0. The summed E-state index contributed by atoms with van der Waals surface area (Å²) in [7, 11) is 0. The zero-order chi connectivity index (χ0) is 12.5. The minimum atomic E-state index is 0.0601. The number of hydrogen-bond donors (Lipinski definition) is 2. The molecule has 0 unspecified atom stereocenters. The topological polar surface area (TPSA) is 54.7 Å². The second-order valence-electron chi connectivity index (χ2n) is 5.31. The van der Waals surface area contributed by atoms with Crippen molar-refractivity contribution in [2.75, 3.05) is 0 Å². The van der Waals surface area contributed by atoms with E-state index >= 15 is 0 Å². The van der Waals surface area contributed by atoms with Crippen molar-refractivity contribution in [3.63, 3.8) is 0 Å². The number of benzene rings is 1. The zero-order valence-corrected chi connectivity index (χ0v) is 10.6. The number of nitrogens with one attached hydrogen (secondary N) is 1. The van der Waals surface area contributed by atoms with Crippen LogP contribution in [0.3, 0.4) is 0 Å². The van der Waals surface area contributed by atoms with Gasteiger partial charge < -0.3 is 5.73 Å². The molecule has 1 aromatic heterocycles. The molecule has 0 spiro atoms. The van der Waals surface area contributed by atoms with Gasteiger partial charge in [0, 0.05) is 23.2 Å². The molecule has 17 heavy (non-hydrogen) atoms. The molecule has 0 aliphatic rings. The third kappa shape index (κ3) is 2.39. The predicted octanol–water partition coefficient (Wildman–Crippen LogP) is 2.83. The van der Waals surface area contributed by atoms with Crippen LogP contribution in [0.2, 0.25) is 0 Å². The van der Waals surface area contributed by atoms with Crippen molar-refractivity contribution < 1.29 is 0 Å². The minimum Gasteiger partial charge on any atom is -0.326 e. The highest BCUT2D eigenvalue weighted by Crippen LogP contribution is 2.31. The molecule has 3 N–H and O–H groups in total. The van der Waals surface area contributed by atoms with E-state index in [1.807, 2.05) is 18.3 Å². The molecule has 2 rings (SSSR count). The van der Waals surface area contributed by atoms with Gasteiger partial charge in [-0.2, -0.15) is 5.10 Å². The number of rotatable bonds is 2. The van der Waals surface area contributed by atoms with Crippen LogP contribution in [-0.4, -0.2) is 10.2 Å². The Morgan fingerprint density at radius 3 is 2.71 bits per heavy atom. The van der Waals surface area contributed by atoms with E-state index in [1.165, 1.54) is 5.56 Å². The molecule has 0 atom stereocenters. The van der Waals surface area contributed by atoms with Crippen LogP contribution in [0.1, 0.15) is 32.0 Å². The van der Waals surface area contributed by atoms with Gasteiger partial charge in [0.15, 0.2) is 0 Å². The monoisotopic (exact) mass is 229 g/mol. The Morgan fingerprint density at radius 1 is 1.29 bits per heavy atom. The molecule has 0 bridgehead atoms. The van der Waals surface area contributed by atoms with E-state index in [-0.39, 0.29) is 5.41 Å². The second kappa shape index (κ2) is 4.34. The largest absolute Gasteiger partial charge is 0.326 e. The standard InChI is InChI=1S/C14H19N3/c1-14(2,3)13-12(9-16-17-13)11-6-4-5-10(7-11)8-15/h4-7,9H,8,15H2,1-3H3,(H,16,17). The van der Waals surface area contributed by atoms with E-state index < -0.39 is 0 Å². The van der Waals surface area contributed by atoms with Crippen LogP contribution in [0.15, 0.2) is 30.5 Å². The fraction of sp³-hybridized carbons (Fsp3) is 0.357. The Hall–Kier alpha value is -1.61. The maximum atomic E-state index is 5.67. The number of nitrogens with zero attached hydrogens (tertiary/aromatic N) is 1. The summed E-state index contributed by atoms with van der Waals surface area (Å²) in [6, 6.07) is 8.30. The molecule has 0 aliphatic heterocycles. The Kier molecular flexibility index (Phi) is 3.03. The molecule has 0 radical (unpaired) electrons. The number of H-pyrrole nitrogens is 1. The molecular weight excluding hydrogens is 210 g/mol. The normalized spacial score (nSPS) is 11.8.